The van der Waals surface area contributed by atoms with E-state index in [0.29, 0.717) is 34.1 Å². The summed E-state index contributed by atoms with van der Waals surface area (Å²) in [5.41, 5.74) is 0.258. The molecule has 31 heavy (non-hydrogen) atoms. The second-order valence-corrected chi connectivity index (χ2v) is 7.44. The zero-order valence-corrected chi connectivity index (χ0v) is 17.9. The van der Waals surface area contributed by atoms with Gasteiger partial charge in [0.15, 0.2) is 0 Å². The van der Waals surface area contributed by atoms with Crippen LogP contribution in [0.15, 0.2) is 42.5 Å². The van der Waals surface area contributed by atoms with Crippen LogP contribution < -0.4 is 10.1 Å². The molecule has 0 saturated carbocycles. The van der Waals surface area contributed by atoms with Crippen LogP contribution in [0.1, 0.15) is 25.8 Å². The number of ether oxygens (including phenoxy) is 1. The summed E-state index contributed by atoms with van der Waals surface area (Å²) in [4.78, 5) is 13.4. The van der Waals surface area contributed by atoms with Crippen molar-refractivity contribution in [2.45, 2.75) is 39.0 Å². The molecule has 1 amide bonds. The number of aromatic nitrogens is 4. The van der Waals surface area contributed by atoms with Gasteiger partial charge in [-0.15, -0.1) is 16.6 Å². The molecule has 1 N–H and O–H groups in total. The smallest absolute Gasteiger partial charge is 0.244 e. The number of hydrogen-bond donors (Lipinski definition) is 1. The Morgan fingerprint density at radius 3 is 2.71 bits per heavy atom. The van der Waals surface area contributed by atoms with E-state index in [4.69, 9.17) is 22.8 Å². The van der Waals surface area contributed by atoms with Gasteiger partial charge in [-0.3, -0.25) is 4.79 Å². The van der Waals surface area contributed by atoms with Gasteiger partial charge in [-0.25, -0.2) is 4.39 Å². The van der Waals surface area contributed by atoms with Gasteiger partial charge in [-0.05, 0) is 55.0 Å². The van der Waals surface area contributed by atoms with E-state index in [1.54, 1.807) is 37.3 Å². The molecule has 0 saturated heterocycles. The summed E-state index contributed by atoms with van der Waals surface area (Å²) in [7, 11) is 0. The monoisotopic (exact) mass is 441 g/mol. The first-order valence-corrected chi connectivity index (χ1v) is 9.94. The second-order valence-electron chi connectivity index (χ2n) is 7.03. The maximum Gasteiger partial charge on any atom is 0.244 e. The van der Waals surface area contributed by atoms with Crippen LogP contribution in [0.5, 0.6) is 5.75 Å². The van der Waals surface area contributed by atoms with Crippen molar-refractivity contribution in [2.24, 2.45) is 0 Å². The molecular weight excluding hydrogens is 421 g/mol. The van der Waals surface area contributed by atoms with E-state index in [9.17, 15) is 9.18 Å². The number of rotatable bonds is 8. The minimum atomic E-state index is -0.719. The lowest BCUT2D eigenvalue weighted by molar-refractivity contribution is -0.123. The van der Waals surface area contributed by atoms with Gasteiger partial charge >= 0.3 is 0 Å². The van der Waals surface area contributed by atoms with Crippen LogP contribution in [0.25, 0.3) is 11.4 Å². The van der Waals surface area contributed by atoms with Crippen molar-refractivity contribution in [1.29, 1.82) is 0 Å². The van der Waals surface area contributed by atoms with Gasteiger partial charge in [-0.1, -0.05) is 30.5 Å². The average Bonchev–Trinajstić information content (AvgIpc) is 3.22. The number of benzene rings is 2. The van der Waals surface area contributed by atoms with Crippen molar-refractivity contribution in [3.05, 3.63) is 58.9 Å². The SMILES string of the molecule is C#C[C@](C)(CC)NC(=O)Cn1nnc(-c2ccc(OCc3c(F)cccc3Cl)cc2)n1. The number of terminal acetylenes is 1. The maximum absolute atomic E-state index is 13.8. The predicted molar refractivity (Wildman–Crippen MR) is 115 cm³/mol. The highest BCUT2D eigenvalue weighted by Gasteiger charge is 2.21. The number of carbonyl (C=O) groups is 1. The van der Waals surface area contributed by atoms with Gasteiger partial charge in [0.2, 0.25) is 11.7 Å². The van der Waals surface area contributed by atoms with Crippen molar-refractivity contribution in [1.82, 2.24) is 25.5 Å². The number of nitrogens with one attached hydrogen (secondary N) is 1. The van der Waals surface area contributed by atoms with E-state index in [1.807, 2.05) is 6.92 Å². The fourth-order valence-electron chi connectivity index (χ4n) is 2.65. The molecule has 0 bridgehead atoms. The summed E-state index contributed by atoms with van der Waals surface area (Å²) in [6, 6.07) is 11.4. The lowest BCUT2D eigenvalue weighted by atomic mass is 10.0. The lowest BCUT2D eigenvalue weighted by Gasteiger charge is -2.22. The third-order valence-corrected chi connectivity index (χ3v) is 5.09. The Bertz CT molecular complexity index is 1090. The summed E-state index contributed by atoms with van der Waals surface area (Å²) >= 11 is 6.01. The van der Waals surface area contributed by atoms with Gasteiger partial charge in [0.05, 0.1) is 10.6 Å². The molecule has 0 fully saturated rings. The molecule has 1 atom stereocenters. The van der Waals surface area contributed by atoms with Crippen LogP contribution in [0, 0.1) is 18.2 Å². The highest BCUT2D eigenvalue weighted by molar-refractivity contribution is 6.31. The lowest BCUT2D eigenvalue weighted by Crippen LogP contribution is -2.45. The summed E-state index contributed by atoms with van der Waals surface area (Å²) < 4.78 is 19.4. The van der Waals surface area contributed by atoms with Gasteiger partial charge in [0, 0.05) is 11.1 Å². The molecule has 7 nitrogen and oxygen atoms in total. The summed E-state index contributed by atoms with van der Waals surface area (Å²) in [6.07, 6.45) is 6.07. The van der Waals surface area contributed by atoms with E-state index in [2.05, 4.69) is 26.6 Å². The Labute approximate surface area is 184 Å². The first-order valence-electron chi connectivity index (χ1n) is 9.56. The number of nitrogens with zero attached hydrogens (tertiary/aromatic N) is 4. The molecule has 0 unspecified atom stereocenters. The Morgan fingerprint density at radius 2 is 2.06 bits per heavy atom. The fraction of sp³-hybridized carbons (Fsp3) is 0.273. The minimum Gasteiger partial charge on any atom is -0.489 e. The highest BCUT2D eigenvalue weighted by atomic mass is 35.5. The molecule has 0 aliphatic heterocycles. The van der Waals surface area contributed by atoms with E-state index in [0.717, 1.165) is 0 Å². The van der Waals surface area contributed by atoms with Crippen LogP contribution in [0.3, 0.4) is 0 Å². The van der Waals surface area contributed by atoms with Crippen LogP contribution >= 0.6 is 11.6 Å². The number of amides is 1. The molecule has 2 aromatic carbocycles. The summed E-state index contributed by atoms with van der Waals surface area (Å²) in [6.45, 7) is 3.57. The van der Waals surface area contributed by atoms with Crippen molar-refractivity contribution in [3.63, 3.8) is 0 Å². The van der Waals surface area contributed by atoms with Crippen molar-refractivity contribution >= 4 is 17.5 Å². The third kappa shape index (κ3) is 5.58. The molecule has 3 rings (SSSR count). The molecular formula is C22H21ClFN5O2. The van der Waals surface area contributed by atoms with Gasteiger partial charge in [-0.2, -0.15) is 4.80 Å². The molecule has 1 heterocycles. The molecule has 9 heteroatoms. The molecule has 3 aromatic rings. The standard InChI is InChI=1S/C22H21ClFN5O2/c1-4-22(3,5-2)25-20(30)13-29-27-21(26-28-29)15-9-11-16(12-10-15)31-14-17-18(23)7-6-8-19(17)24/h1,6-12H,5,13-14H2,2-3H3,(H,25,30)/t22-/m1/s1. The second kappa shape index (κ2) is 9.58. The van der Waals surface area contributed by atoms with E-state index in [1.165, 1.54) is 16.9 Å². The normalized spacial score (nSPS) is 12.6. The zero-order chi connectivity index (χ0) is 22.4. The molecule has 0 aliphatic rings. The molecule has 0 spiro atoms. The number of hydrogen-bond acceptors (Lipinski definition) is 5. The average molecular weight is 442 g/mol. The number of carbonyl (C=O) groups excluding carboxylic acids is 1. The maximum atomic E-state index is 13.8. The van der Waals surface area contributed by atoms with E-state index in [-0.39, 0.29) is 19.1 Å². The Hall–Kier alpha value is -3.44. The van der Waals surface area contributed by atoms with E-state index < -0.39 is 11.4 Å². The summed E-state index contributed by atoms with van der Waals surface area (Å²) in [5.74, 6) is 2.73. The molecule has 0 radical (unpaired) electrons. The largest absolute Gasteiger partial charge is 0.489 e. The first kappa shape index (κ1) is 22.2. The Balaban J connectivity index is 1.61. The van der Waals surface area contributed by atoms with Crippen molar-refractivity contribution < 1.29 is 13.9 Å². The van der Waals surface area contributed by atoms with Crippen LogP contribution in [-0.4, -0.2) is 31.7 Å². The van der Waals surface area contributed by atoms with Crippen LogP contribution in [0.4, 0.5) is 4.39 Å². The Morgan fingerprint density at radius 1 is 1.32 bits per heavy atom. The van der Waals surface area contributed by atoms with Crippen LogP contribution in [0.2, 0.25) is 5.02 Å². The van der Waals surface area contributed by atoms with Gasteiger partial charge in [0.1, 0.15) is 24.7 Å². The first-order chi connectivity index (χ1) is 14.8. The molecule has 1 aromatic heterocycles. The minimum absolute atomic E-state index is 0.00271. The molecule has 0 aliphatic carbocycles. The summed E-state index contributed by atoms with van der Waals surface area (Å²) in [5, 5.41) is 15.2. The highest BCUT2D eigenvalue weighted by Crippen LogP contribution is 2.23. The quantitative estimate of drug-likeness (QED) is 0.540. The van der Waals surface area contributed by atoms with Gasteiger partial charge < -0.3 is 10.1 Å². The van der Waals surface area contributed by atoms with Crippen molar-refractivity contribution in [2.75, 3.05) is 0 Å². The predicted octanol–water partition coefficient (Wildman–Crippen LogP) is 3.63. The topological polar surface area (TPSA) is 81.9 Å². The number of halogens is 2. The molecule has 160 valence electrons. The van der Waals surface area contributed by atoms with Crippen LogP contribution in [-0.2, 0) is 17.9 Å². The van der Waals surface area contributed by atoms with E-state index >= 15 is 0 Å². The van der Waals surface area contributed by atoms with Gasteiger partial charge in [0.25, 0.3) is 0 Å². The third-order valence-electron chi connectivity index (χ3n) is 4.74. The Kier molecular flexibility index (Phi) is 6.88. The number of tetrazole rings is 1. The fourth-order valence-corrected chi connectivity index (χ4v) is 2.87. The zero-order valence-electron chi connectivity index (χ0n) is 17.1. The van der Waals surface area contributed by atoms with Crippen molar-refractivity contribution in [3.8, 4) is 29.5 Å².